The van der Waals surface area contributed by atoms with Crippen LogP contribution in [-0.4, -0.2) is 45.3 Å². The molecule has 1 aliphatic heterocycles. The molecule has 1 atom stereocenters. The zero-order valence-corrected chi connectivity index (χ0v) is 7.84. The summed E-state index contributed by atoms with van der Waals surface area (Å²) in [7, 11) is 0. The first-order chi connectivity index (χ1) is 6.04. The maximum atomic E-state index is 11.2. The minimum Gasteiger partial charge on any atom is -0.480 e. The first-order valence-electron chi connectivity index (χ1n) is 3.69. The molecule has 1 N–H and O–H groups in total. The fourth-order valence-corrected chi connectivity index (χ4v) is 1.78. The highest BCUT2D eigenvalue weighted by Crippen LogP contribution is 2.14. The molecule has 0 radical (unpaired) electrons. The number of hydrogen-bond donors (Lipinski definition) is 1. The van der Waals surface area contributed by atoms with Crippen molar-refractivity contribution in [3.63, 3.8) is 0 Å². The number of carboxylic acid groups (broad SMARTS) is 1. The Balaban J connectivity index is 2.80. The summed E-state index contributed by atoms with van der Waals surface area (Å²) >= 11 is 1.21. The largest absolute Gasteiger partial charge is 0.480 e. The molecule has 1 fully saturated rings. The van der Waals surface area contributed by atoms with E-state index in [9.17, 15) is 14.4 Å². The van der Waals surface area contributed by atoms with Gasteiger partial charge in [-0.3, -0.25) is 14.5 Å². The fourth-order valence-electron chi connectivity index (χ4n) is 1.05. The van der Waals surface area contributed by atoms with Gasteiger partial charge in [0.2, 0.25) is 11.8 Å². The number of aliphatic carboxylic acids is 1. The summed E-state index contributed by atoms with van der Waals surface area (Å²) in [4.78, 5) is 33.7. The van der Waals surface area contributed by atoms with Gasteiger partial charge in [-0.2, -0.15) is 0 Å². The minimum atomic E-state index is -1.16. The second-order valence-electron chi connectivity index (χ2n) is 2.66. The molecule has 1 saturated heterocycles. The summed E-state index contributed by atoms with van der Waals surface area (Å²) in [6.45, 7) is 1.33. The van der Waals surface area contributed by atoms with Gasteiger partial charge in [-0.25, -0.2) is 4.79 Å². The number of carbonyl (C=O) groups is 3. The Hall–Kier alpha value is -1.04. The second kappa shape index (κ2) is 3.78. The lowest BCUT2D eigenvalue weighted by Crippen LogP contribution is -2.51. The summed E-state index contributed by atoms with van der Waals surface area (Å²) in [6, 6.07) is -1.05. The van der Waals surface area contributed by atoms with Crippen molar-refractivity contribution in [3.05, 3.63) is 0 Å². The second-order valence-corrected chi connectivity index (χ2v) is 3.65. The zero-order valence-electron chi connectivity index (χ0n) is 7.02. The molecule has 0 spiro atoms. The molecule has 1 unspecified atom stereocenters. The van der Waals surface area contributed by atoms with E-state index in [1.807, 2.05) is 0 Å². The van der Waals surface area contributed by atoms with E-state index in [4.69, 9.17) is 5.11 Å². The topological polar surface area (TPSA) is 74.7 Å². The Morgan fingerprint density at radius 2 is 1.92 bits per heavy atom. The zero-order chi connectivity index (χ0) is 10.0. The molecule has 1 aliphatic rings. The third-order valence-electron chi connectivity index (χ3n) is 1.73. The quantitative estimate of drug-likeness (QED) is 0.616. The van der Waals surface area contributed by atoms with E-state index in [1.54, 1.807) is 0 Å². The lowest BCUT2D eigenvalue weighted by Gasteiger charge is -2.27. The van der Waals surface area contributed by atoms with Crippen LogP contribution in [0.3, 0.4) is 0 Å². The first kappa shape index (κ1) is 10.0. The highest BCUT2D eigenvalue weighted by Gasteiger charge is 2.33. The van der Waals surface area contributed by atoms with E-state index in [1.165, 1.54) is 18.7 Å². The van der Waals surface area contributed by atoms with Gasteiger partial charge in [-0.15, -0.1) is 11.8 Å². The standard InChI is InChI=1S/C7H9NO4S/c1-4(7(11)12)8-5(9)2-13-3-6(8)10/h4H,2-3H2,1H3,(H,11,12). The first-order valence-corrected chi connectivity index (χ1v) is 4.85. The van der Waals surface area contributed by atoms with Gasteiger partial charge in [0, 0.05) is 0 Å². The van der Waals surface area contributed by atoms with Gasteiger partial charge < -0.3 is 5.11 Å². The molecule has 1 heterocycles. The number of carbonyl (C=O) groups excluding carboxylic acids is 2. The Bertz CT molecular complexity index is 249. The Morgan fingerprint density at radius 3 is 2.31 bits per heavy atom. The molecule has 0 aromatic heterocycles. The van der Waals surface area contributed by atoms with Crippen LogP contribution in [0.25, 0.3) is 0 Å². The molecule has 72 valence electrons. The number of imide groups is 1. The van der Waals surface area contributed by atoms with E-state index in [2.05, 4.69) is 0 Å². The monoisotopic (exact) mass is 203 g/mol. The molecule has 0 aliphatic carbocycles. The van der Waals surface area contributed by atoms with Crippen LogP contribution in [0.5, 0.6) is 0 Å². The predicted octanol–water partition coefficient (Wildman–Crippen LogP) is -0.439. The fraction of sp³-hybridized carbons (Fsp3) is 0.571. The normalized spacial score (nSPS) is 20.2. The Kier molecular flexibility index (Phi) is 2.92. The molecule has 5 nitrogen and oxygen atoms in total. The molecule has 6 heteroatoms. The molecule has 13 heavy (non-hydrogen) atoms. The number of thioether (sulfide) groups is 1. The van der Waals surface area contributed by atoms with Crippen molar-refractivity contribution < 1.29 is 19.5 Å². The smallest absolute Gasteiger partial charge is 0.326 e. The summed E-state index contributed by atoms with van der Waals surface area (Å²) in [5, 5.41) is 8.62. The minimum absolute atomic E-state index is 0.184. The number of carboxylic acids is 1. The van der Waals surface area contributed by atoms with Crippen LogP contribution in [-0.2, 0) is 14.4 Å². The van der Waals surface area contributed by atoms with Crippen molar-refractivity contribution in [2.75, 3.05) is 11.5 Å². The van der Waals surface area contributed by atoms with E-state index in [0.717, 1.165) is 4.90 Å². The highest BCUT2D eigenvalue weighted by atomic mass is 32.2. The Morgan fingerprint density at radius 1 is 1.46 bits per heavy atom. The highest BCUT2D eigenvalue weighted by molar-refractivity contribution is 8.00. The SMILES string of the molecule is CC(C(=O)O)N1C(=O)CSCC1=O. The summed E-state index contributed by atoms with van der Waals surface area (Å²) in [5.41, 5.74) is 0. The lowest BCUT2D eigenvalue weighted by atomic mass is 10.3. The van der Waals surface area contributed by atoms with Crippen LogP contribution in [0.4, 0.5) is 0 Å². The lowest BCUT2D eigenvalue weighted by molar-refractivity contribution is -0.155. The molecule has 1 rings (SSSR count). The molecule has 0 saturated carbocycles. The van der Waals surface area contributed by atoms with E-state index < -0.39 is 23.8 Å². The molecule has 0 aromatic carbocycles. The van der Waals surface area contributed by atoms with E-state index in [-0.39, 0.29) is 11.5 Å². The van der Waals surface area contributed by atoms with Crippen molar-refractivity contribution >= 4 is 29.5 Å². The summed E-state index contributed by atoms with van der Waals surface area (Å²) in [6.07, 6.45) is 0. The van der Waals surface area contributed by atoms with Gasteiger partial charge in [0.1, 0.15) is 6.04 Å². The molecule has 0 bridgehead atoms. The van der Waals surface area contributed by atoms with Crippen LogP contribution in [0.1, 0.15) is 6.92 Å². The summed E-state index contributed by atoms with van der Waals surface area (Å²) < 4.78 is 0. The number of nitrogens with zero attached hydrogens (tertiary/aromatic N) is 1. The van der Waals surface area contributed by atoms with Gasteiger partial charge in [0.15, 0.2) is 0 Å². The van der Waals surface area contributed by atoms with Crippen molar-refractivity contribution in [3.8, 4) is 0 Å². The molecular formula is C7H9NO4S. The van der Waals surface area contributed by atoms with Gasteiger partial charge in [0.05, 0.1) is 11.5 Å². The number of rotatable bonds is 2. The van der Waals surface area contributed by atoms with Crippen LogP contribution >= 0.6 is 11.8 Å². The van der Waals surface area contributed by atoms with Crippen LogP contribution in [0.15, 0.2) is 0 Å². The summed E-state index contributed by atoms with van der Waals surface area (Å²) in [5.74, 6) is -1.63. The van der Waals surface area contributed by atoms with Crippen LogP contribution in [0.2, 0.25) is 0 Å². The van der Waals surface area contributed by atoms with E-state index in [0.29, 0.717) is 0 Å². The van der Waals surface area contributed by atoms with Gasteiger partial charge >= 0.3 is 5.97 Å². The van der Waals surface area contributed by atoms with Gasteiger partial charge in [-0.1, -0.05) is 0 Å². The molecule has 0 aromatic rings. The third kappa shape index (κ3) is 2.00. The predicted molar refractivity (Wildman–Crippen MR) is 46.3 cm³/mol. The maximum Gasteiger partial charge on any atom is 0.326 e. The van der Waals surface area contributed by atoms with Gasteiger partial charge in [0.25, 0.3) is 0 Å². The van der Waals surface area contributed by atoms with Crippen molar-refractivity contribution in [1.82, 2.24) is 4.90 Å². The number of hydrogen-bond acceptors (Lipinski definition) is 4. The van der Waals surface area contributed by atoms with Crippen molar-refractivity contribution in [2.24, 2.45) is 0 Å². The van der Waals surface area contributed by atoms with Crippen LogP contribution in [0, 0.1) is 0 Å². The average molecular weight is 203 g/mol. The Labute approximate surface area is 79.1 Å². The maximum absolute atomic E-state index is 11.2. The van der Waals surface area contributed by atoms with Crippen LogP contribution < -0.4 is 0 Å². The van der Waals surface area contributed by atoms with Crippen molar-refractivity contribution in [2.45, 2.75) is 13.0 Å². The third-order valence-corrected chi connectivity index (χ3v) is 2.64. The molecular weight excluding hydrogens is 194 g/mol. The molecule has 2 amide bonds. The van der Waals surface area contributed by atoms with Gasteiger partial charge in [-0.05, 0) is 6.92 Å². The van der Waals surface area contributed by atoms with E-state index >= 15 is 0 Å². The number of amides is 2. The average Bonchev–Trinajstić information content (AvgIpc) is 2.03. The van der Waals surface area contributed by atoms with Crippen molar-refractivity contribution in [1.29, 1.82) is 0 Å².